The van der Waals surface area contributed by atoms with E-state index in [1.54, 1.807) is 65.1 Å². The fourth-order valence-corrected chi connectivity index (χ4v) is 8.48. The summed E-state index contributed by atoms with van der Waals surface area (Å²) in [7, 11) is 5.10. The van der Waals surface area contributed by atoms with Gasteiger partial charge < -0.3 is 29.9 Å². The molecule has 5 N–H and O–H groups in total. The Morgan fingerprint density at radius 3 is 2.58 bits per heavy atom. The van der Waals surface area contributed by atoms with E-state index in [4.69, 9.17) is 9.47 Å². The summed E-state index contributed by atoms with van der Waals surface area (Å²) in [6, 6.07) is 19.9. The van der Waals surface area contributed by atoms with Crippen LogP contribution in [0, 0.1) is 0 Å². The van der Waals surface area contributed by atoms with E-state index in [0.29, 0.717) is 30.9 Å². The average Bonchev–Trinajstić information content (AvgIpc) is 3.07. The van der Waals surface area contributed by atoms with E-state index in [9.17, 15) is 25.2 Å². The third-order valence-electron chi connectivity index (χ3n) is 8.65. The molecule has 1 aliphatic rings. The van der Waals surface area contributed by atoms with Gasteiger partial charge in [0.15, 0.2) is 11.5 Å². The maximum Gasteiger partial charge on any atom is 0.168 e. The summed E-state index contributed by atoms with van der Waals surface area (Å²) in [5.74, 6) is 2.41. The largest absolute Gasteiger partial charge is 0.508 e. The number of methoxy groups -OCH3 is 1. The zero-order valence-electron chi connectivity index (χ0n) is 27.3. The molecule has 0 saturated carbocycles. The normalized spacial score (nSPS) is 17.0. The number of phenols is 3. The third kappa shape index (κ3) is 9.39. The van der Waals surface area contributed by atoms with E-state index in [-0.39, 0.29) is 48.6 Å². The Morgan fingerprint density at radius 2 is 1.77 bits per heavy atom. The molecule has 5 rings (SSSR count). The lowest BCUT2D eigenvalue weighted by Gasteiger charge is -2.26. The predicted molar refractivity (Wildman–Crippen MR) is 195 cm³/mol. The standard InChI is InChI=1S/C38H45NO7S2/c1-45-37-35(44)17-13-26-11-15-29(42)22-31(46-38(39-18-3-4-19-40)27-7-6-8-28(41)21-27)9-2-5-20-47-48-24-34-32(36(26)37)16-12-25-10-14-30(43)23-33(25)34/h6-8,10,12-14,16-17,21,23,31,38-41,43-44H,2-5,9,11,15,18-20,22,24H2,1H3. The molecule has 0 amide bonds. The Labute approximate surface area is 290 Å². The first kappa shape index (κ1) is 35.9. The highest BCUT2D eigenvalue weighted by Gasteiger charge is 2.24. The number of aliphatic hydroxyl groups excluding tert-OH is 1. The molecule has 8 nitrogen and oxygen atoms in total. The molecule has 2 atom stereocenters. The second kappa shape index (κ2) is 17.8. The van der Waals surface area contributed by atoms with Crippen molar-refractivity contribution in [1.29, 1.82) is 0 Å². The minimum absolute atomic E-state index is 0.0268. The monoisotopic (exact) mass is 691 g/mol. The van der Waals surface area contributed by atoms with Gasteiger partial charge in [0.2, 0.25) is 0 Å². The number of nitrogens with one attached hydrogen (secondary N) is 1. The number of hydrogen-bond donors (Lipinski definition) is 5. The van der Waals surface area contributed by atoms with Crippen molar-refractivity contribution in [3.63, 3.8) is 0 Å². The minimum Gasteiger partial charge on any atom is -0.508 e. The maximum atomic E-state index is 13.7. The van der Waals surface area contributed by atoms with Crippen LogP contribution in [0.25, 0.3) is 21.9 Å². The van der Waals surface area contributed by atoms with Gasteiger partial charge in [0, 0.05) is 36.5 Å². The van der Waals surface area contributed by atoms with Crippen molar-refractivity contribution in [3.8, 4) is 34.1 Å². The lowest BCUT2D eigenvalue weighted by atomic mass is 9.89. The van der Waals surface area contributed by atoms with Gasteiger partial charge in [-0.05, 0) is 102 Å². The molecule has 0 bridgehead atoms. The van der Waals surface area contributed by atoms with Gasteiger partial charge in [-0.15, -0.1) is 0 Å². The van der Waals surface area contributed by atoms with Crippen molar-refractivity contribution < 1.29 is 34.7 Å². The first-order valence-electron chi connectivity index (χ1n) is 16.6. The van der Waals surface area contributed by atoms with Crippen LogP contribution in [0.5, 0.6) is 23.0 Å². The number of Topliss-reactive ketones (excluding diaryl/α,β-unsaturated/α-hetero) is 1. The molecule has 4 aromatic carbocycles. The first-order chi connectivity index (χ1) is 23.4. The Hall–Kier alpha value is -3.41. The molecule has 256 valence electrons. The number of hydrogen-bond acceptors (Lipinski definition) is 10. The fraction of sp³-hybridized carbons (Fsp3) is 0.395. The van der Waals surface area contributed by atoms with E-state index in [1.165, 1.54) is 0 Å². The zero-order chi connectivity index (χ0) is 33.9. The summed E-state index contributed by atoms with van der Waals surface area (Å²) in [4.78, 5) is 13.7. The highest BCUT2D eigenvalue weighted by atomic mass is 33.1. The number of aryl methyl sites for hydroxylation is 1. The predicted octanol–water partition coefficient (Wildman–Crippen LogP) is 8.04. The molecular weight excluding hydrogens is 647 g/mol. The topological polar surface area (TPSA) is 128 Å². The van der Waals surface area contributed by atoms with Crippen molar-refractivity contribution in [2.24, 2.45) is 0 Å². The molecule has 0 aliphatic carbocycles. The molecule has 0 radical (unpaired) electrons. The minimum atomic E-state index is -0.511. The molecule has 0 saturated heterocycles. The highest BCUT2D eigenvalue weighted by Crippen LogP contribution is 2.45. The van der Waals surface area contributed by atoms with E-state index < -0.39 is 6.23 Å². The van der Waals surface area contributed by atoms with Crippen LogP contribution in [0.2, 0.25) is 0 Å². The van der Waals surface area contributed by atoms with E-state index in [1.807, 2.05) is 30.3 Å². The third-order valence-corrected chi connectivity index (χ3v) is 11.0. The van der Waals surface area contributed by atoms with Crippen LogP contribution in [0.15, 0.2) is 66.7 Å². The SMILES string of the molecule is COc1c(O)ccc2c1-c1ccc3ccc(O)cc3c1CSSCCCCC(OC(NCCCCO)c1cccc(O)c1)CC(=O)CC2. The summed E-state index contributed by atoms with van der Waals surface area (Å²) in [6.45, 7) is 0.740. The number of ketones is 1. The Kier molecular flexibility index (Phi) is 13.3. The summed E-state index contributed by atoms with van der Waals surface area (Å²) in [6.07, 6.45) is 4.17. The molecule has 10 heteroatoms. The molecule has 48 heavy (non-hydrogen) atoms. The zero-order valence-corrected chi connectivity index (χ0v) is 29.0. The van der Waals surface area contributed by atoms with Gasteiger partial charge in [0.1, 0.15) is 23.5 Å². The van der Waals surface area contributed by atoms with Crippen molar-refractivity contribution >= 4 is 38.1 Å². The number of aromatic hydroxyl groups is 3. The van der Waals surface area contributed by atoms with Crippen LogP contribution in [0.3, 0.4) is 0 Å². The van der Waals surface area contributed by atoms with Crippen molar-refractivity contribution in [1.82, 2.24) is 5.32 Å². The lowest BCUT2D eigenvalue weighted by Crippen LogP contribution is -2.30. The molecule has 0 fully saturated rings. The first-order valence-corrected chi connectivity index (χ1v) is 19.0. The molecule has 0 spiro atoms. The number of phenolic OH excluding ortho intramolecular Hbond substituents is 3. The van der Waals surface area contributed by atoms with Crippen molar-refractivity contribution in [2.75, 3.05) is 26.0 Å². The molecule has 1 aliphatic heterocycles. The summed E-state index contributed by atoms with van der Waals surface area (Å²) in [5.41, 5.74) is 4.38. The Morgan fingerprint density at radius 1 is 0.938 bits per heavy atom. The van der Waals surface area contributed by atoms with Gasteiger partial charge >= 0.3 is 0 Å². The smallest absolute Gasteiger partial charge is 0.168 e. The lowest BCUT2D eigenvalue weighted by molar-refractivity contribution is -0.124. The second-order valence-electron chi connectivity index (χ2n) is 12.1. The molecular formula is C38H45NO7S2. The van der Waals surface area contributed by atoms with Crippen molar-refractivity contribution in [3.05, 3.63) is 83.4 Å². The van der Waals surface area contributed by atoms with Gasteiger partial charge in [-0.25, -0.2) is 0 Å². The van der Waals surface area contributed by atoms with E-state index in [2.05, 4.69) is 5.32 Å². The van der Waals surface area contributed by atoms with Gasteiger partial charge in [-0.2, -0.15) is 0 Å². The van der Waals surface area contributed by atoms with Crippen molar-refractivity contribution in [2.45, 2.75) is 69.5 Å². The number of aliphatic hydroxyl groups is 1. The van der Waals surface area contributed by atoms with E-state index >= 15 is 0 Å². The summed E-state index contributed by atoms with van der Waals surface area (Å²) < 4.78 is 12.4. The molecule has 0 aromatic heterocycles. The number of unbranched alkanes of at least 4 members (excludes halogenated alkanes) is 1. The number of carbonyl (C=O) groups excluding carboxylic acids is 1. The number of fused-ring (bicyclic) bond motifs is 5. The molecule has 2 unspecified atom stereocenters. The van der Waals surface area contributed by atoms with E-state index in [0.717, 1.165) is 70.0 Å². The Balaban J connectivity index is 1.45. The van der Waals surface area contributed by atoms with Crippen LogP contribution in [0.1, 0.15) is 67.9 Å². The van der Waals surface area contributed by atoms with Crippen LogP contribution in [-0.4, -0.2) is 58.3 Å². The number of ether oxygens (including phenoxy) is 2. The van der Waals surface area contributed by atoms with Gasteiger partial charge in [-0.1, -0.05) is 64.4 Å². The Bertz CT molecular complexity index is 1680. The summed E-state index contributed by atoms with van der Waals surface area (Å²) >= 11 is 0. The van der Waals surface area contributed by atoms with Gasteiger partial charge in [0.25, 0.3) is 0 Å². The van der Waals surface area contributed by atoms with Crippen LogP contribution >= 0.6 is 21.6 Å². The van der Waals surface area contributed by atoms with Crippen LogP contribution in [0.4, 0.5) is 0 Å². The average molecular weight is 692 g/mol. The number of benzene rings is 4. The number of carbonyl (C=O) groups is 1. The summed E-state index contributed by atoms with van der Waals surface area (Å²) in [5, 5.41) is 46.1. The van der Waals surface area contributed by atoms with Crippen LogP contribution < -0.4 is 10.1 Å². The van der Waals surface area contributed by atoms with Gasteiger partial charge in [0.05, 0.1) is 13.2 Å². The molecule has 1 heterocycles. The fourth-order valence-electron chi connectivity index (χ4n) is 6.22. The van der Waals surface area contributed by atoms with Gasteiger partial charge in [-0.3, -0.25) is 10.1 Å². The maximum absolute atomic E-state index is 13.7. The molecule has 4 aromatic rings. The quantitative estimate of drug-likeness (QED) is 0.0669. The second-order valence-corrected chi connectivity index (χ2v) is 14.7. The van der Waals surface area contributed by atoms with Crippen LogP contribution in [-0.2, 0) is 21.7 Å². The highest BCUT2D eigenvalue weighted by molar-refractivity contribution is 8.76. The number of rotatable bonds is 9.